The van der Waals surface area contributed by atoms with Gasteiger partial charge in [0.15, 0.2) is 0 Å². The Hall–Kier alpha value is -0.760. The molecule has 0 N–H and O–H groups in total. The minimum absolute atomic E-state index is 0.00493. The fourth-order valence-corrected chi connectivity index (χ4v) is 5.25. The maximum atomic E-state index is 13.6. The van der Waals surface area contributed by atoms with Gasteiger partial charge in [0.1, 0.15) is 5.82 Å². The van der Waals surface area contributed by atoms with Gasteiger partial charge in [-0.1, -0.05) is 0 Å². The first-order chi connectivity index (χ1) is 10.00. The number of nitrogens with zero attached hydrogens (tertiary/aromatic N) is 1. The minimum Gasteiger partial charge on any atom is -0.207 e. The highest BCUT2D eigenvalue weighted by Crippen LogP contribution is 2.37. The zero-order valence-electron chi connectivity index (χ0n) is 11.0. The first-order valence-electron chi connectivity index (χ1n) is 6.49. The van der Waals surface area contributed by atoms with Gasteiger partial charge in [0.25, 0.3) is 0 Å². The van der Waals surface area contributed by atoms with E-state index in [9.17, 15) is 12.8 Å². The molecule has 1 aliphatic rings. The summed E-state index contributed by atoms with van der Waals surface area (Å²) in [5, 5.41) is 3.92. The van der Waals surface area contributed by atoms with Crippen LogP contribution in [0.2, 0.25) is 0 Å². The largest absolute Gasteiger partial charge is 0.243 e. The first kappa shape index (κ1) is 15.1. The van der Waals surface area contributed by atoms with Gasteiger partial charge in [-0.05, 0) is 69.4 Å². The normalized spacial score (nSPS) is 20.0. The minimum atomic E-state index is -3.68. The van der Waals surface area contributed by atoms with Gasteiger partial charge < -0.3 is 0 Å². The van der Waals surface area contributed by atoms with Gasteiger partial charge in [-0.3, -0.25) is 0 Å². The molecule has 0 amide bonds. The van der Waals surface area contributed by atoms with Gasteiger partial charge in [-0.2, -0.15) is 15.6 Å². The fourth-order valence-electron chi connectivity index (χ4n) is 2.60. The average molecular weight is 390 g/mol. The van der Waals surface area contributed by atoms with Gasteiger partial charge in [0, 0.05) is 6.54 Å². The molecule has 0 spiro atoms. The number of hydrogen-bond donors (Lipinski definition) is 0. The van der Waals surface area contributed by atoms with E-state index in [1.165, 1.54) is 16.4 Å². The zero-order chi connectivity index (χ0) is 15.0. The third-order valence-corrected chi connectivity index (χ3v) is 6.88. The summed E-state index contributed by atoms with van der Waals surface area (Å²) in [6.45, 7) is 0.473. The second-order valence-corrected chi connectivity index (χ2v) is 8.43. The molecule has 1 unspecified atom stereocenters. The maximum Gasteiger partial charge on any atom is 0.243 e. The molecular weight excluding hydrogens is 377 g/mol. The Morgan fingerprint density at radius 1 is 1.33 bits per heavy atom. The summed E-state index contributed by atoms with van der Waals surface area (Å²) in [5.41, 5.74) is 1.01. The van der Waals surface area contributed by atoms with Gasteiger partial charge in [-0.15, -0.1) is 0 Å². The van der Waals surface area contributed by atoms with Crippen LogP contribution < -0.4 is 0 Å². The molecule has 1 aromatic heterocycles. The number of benzene rings is 1. The highest BCUT2D eigenvalue weighted by Gasteiger charge is 2.36. The molecule has 0 bridgehead atoms. The van der Waals surface area contributed by atoms with Crippen LogP contribution in [-0.2, 0) is 10.0 Å². The van der Waals surface area contributed by atoms with Crippen molar-refractivity contribution in [2.45, 2.75) is 23.8 Å². The van der Waals surface area contributed by atoms with E-state index >= 15 is 0 Å². The van der Waals surface area contributed by atoms with Crippen LogP contribution in [-0.4, -0.2) is 19.3 Å². The van der Waals surface area contributed by atoms with Crippen molar-refractivity contribution in [2.75, 3.05) is 6.54 Å². The predicted octanol–water partition coefficient (Wildman–Crippen LogP) is 4.18. The smallest absolute Gasteiger partial charge is 0.207 e. The Bertz CT molecular complexity index is 746. The van der Waals surface area contributed by atoms with Crippen molar-refractivity contribution in [3.63, 3.8) is 0 Å². The molecule has 3 nitrogen and oxygen atoms in total. The lowest BCUT2D eigenvalue weighted by Crippen LogP contribution is -2.30. The van der Waals surface area contributed by atoms with Crippen LogP contribution in [0.1, 0.15) is 24.4 Å². The number of halogens is 2. The van der Waals surface area contributed by atoms with E-state index in [2.05, 4.69) is 15.9 Å². The van der Waals surface area contributed by atoms with Crippen molar-refractivity contribution in [3.05, 3.63) is 50.9 Å². The maximum absolute atomic E-state index is 13.6. The van der Waals surface area contributed by atoms with E-state index in [1.807, 2.05) is 16.8 Å². The highest BCUT2D eigenvalue weighted by atomic mass is 79.9. The molecule has 0 saturated carbocycles. The summed E-state index contributed by atoms with van der Waals surface area (Å²) in [4.78, 5) is 0.00493. The zero-order valence-corrected chi connectivity index (χ0v) is 14.2. The molecule has 0 radical (unpaired) electrons. The first-order valence-corrected chi connectivity index (χ1v) is 9.67. The van der Waals surface area contributed by atoms with E-state index in [4.69, 9.17) is 0 Å². The molecule has 1 saturated heterocycles. The quantitative estimate of drug-likeness (QED) is 0.789. The van der Waals surface area contributed by atoms with Crippen molar-refractivity contribution >= 4 is 37.3 Å². The number of rotatable bonds is 3. The van der Waals surface area contributed by atoms with Crippen molar-refractivity contribution in [3.8, 4) is 0 Å². The van der Waals surface area contributed by atoms with Gasteiger partial charge >= 0.3 is 0 Å². The number of hydrogen-bond acceptors (Lipinski definition) is 3. The number of thiophene rings is 1. The summed E-state index contributed by atoms with van der Waals surface area (Å²) in [6.07, 6.45) is 1.62. The summed E-state index contributed by atoms with van der Waals surface area (Å²) in [7, 11) is -3.68. The Labute approximate surface area is 135 Å². The van der Waals surface area contributed by atoms with Crippen LogP contribution in [0, 0.1) is 5.82 Å². The summed E-state index contributed by atoms with van der Waals surface area (Å²) < 4.78 is 40.9. The average Bonchev–Trinajstić information content (AvgIpc) is 3.11. The molecule has 3 rings (SSSR count). The van der Waals surface area contributed by atoms with Crippen molar-refractivity contribution in [1.82, 2.24) is 4.31 Å². The lowest BCUT2D eigenvalue weighted by atomic mass is 10.1. The lowest BCUT2D eigenvalue weighted by Gasteiger charge is -2.23. The SMILES string of the molecule is O=S(=O)(c1ccc(Br)c(F)c1)N1CCCC1c1ccsc1. The van der Waals surface area contributed by atoms with Crippen LogP contribution in [0.5, 0.6) is 0 Å². The van der Waals surface area contributed by atoms with Crippen LogP contribution in [0.4, 0.5) is 4.39 Å². The standard InChI is InChI=1S/C14H13BrFNO2S2/c15-12-4-3-11(8-13(12)16)21(18,19)17-6-1-2-14(17)10-5-7-20-9-10/h3-5,7-9,14H,1-2,6H2. The molecule has 1 atom stereocenters. The van der Waals surface area contributed by atoms with Crippen LogP contribution >= 0.6 is 27.3 Å². The molecule has 7 heteroatoms. The van der Waals surface area contributed by atoms with E-state index < -0.39 is 15.8 Å². The van der Waals surface area contributed by atoms with Crippen molar-refractivity contribution in [2.24, 2.45) is 0 Å². The molecule has 0 aliphatic carbocycles. The van der Waals surface area contributed by atoms with E-state index in [0.717, 1.165) is 24.5 Å². The Morgan fingerprint density at radius 2 is 2.14 bits per heavy atom. The van der Waals surface area contributed by atoms with Crippen LogP contribution in [0.15, 0.2) is 44.4 Å². The van der Waals surface area contributed by atoms with Crippen LogP contribution in [0.25, 0.3) is 0 Å². The molecule has 21 heavy (non-hydrogen) atoms. The lowest BCUT2D eigenvalue weighted by molar-refractivity contribution is 0.397. The highest BCUT2D eigenvalue weighted by molar-refractivity contribution is 9.10. The molecule has 2 aromatic rings. The molecular formula is C14H13BrFNO2S2. The Morgan fingerprint density at radius 3 is 2.81 bits per heavy atom. The summed E-state index contributed by atoms with van der Waals surface area (Å²) in [5.74, 6) is -0.567. The molecule has 1 fully saturated rings. The summed E-state index contributed by atoms with van der Waals surface area (Å²) >= 11 is 4.59. The van der Waals surface area contributed by atoms with Crippen molar-refractivity contribution in [1.29, 1.82) is 0 Å². The second kappa shape index (κ2) is 5.79. The molecule has 1 aromatic carbocycles. The van der Waals surface area contributed by atoms with E-state index in [1.54, 1.807) is 11.3 Å². The predicted molar refractivity (Wildman–Crippen MR) is 84.3 cm³/mol. The topological polar surface area (TPSA) is 37.4 Å². The Kier molecular flexibility index (Phi) is 4.18. The van der Waals surface area contributed by atoms with Gasteiger partial charge in [0.2, 0.25) is 10.0 Å². The fraction of sp³-hybridized carbons (Fsp3) is 0.286. The molecule has 2 heterocycles. The number of sulfonamides is 1. The van der Waals surface area contributed by atoms with Crippen LogP contribution in [0.3, 0.4) is 0 Å². The van der Waals surface area contributed by atoms with E-state index in [-0.39, 0.29) is 15.4 Å². The third kappa shape index (κ3) is 2.79. The third-order valence-electron chi connectivity index (χ3n) is 3.63. The molecule has 1 aliphatic heterocycles. The van der Waals surface area contributed by atoms with Gasteiger partial charge in [-0.25, -0.2) is 12.8 Å². The Balaban J connectivity index is 1.99. The summed E-state index contributed by atoms with van der Waals surface area (Å²) in [6, 6.07) is 5.74. The van der Waals surface area contributed by atoms with E-state index in [0.29, 0.717) is 6.54 Å². The van der Waals surface area contributed by atoms with Crippen molar-refractivity contribution < 1.29 is 12.8 Å². The molecule has 112 valence electrons. The monoisotopic (exact) mass is 389 g/mol. The van der Waals surface area contributed by atoms with Gasteiger partial charge in [0.05, 0.1) is 15.4 Å². The second-order valence-electron chi connectivity index (χ2n) is 4.91.